The summed E-state index contributed by atoms with van der Waals surface area (Å²) in [6, 6.07) is 11.7. The van der Waals surface area contributed by atoms with Gasteiger partial charge >= 0.3 is 0 Å². The second-order valence-electron chi connectivity index (χ2n) is 8.59. The van der Waals surface area contributed by atoms with Gasteiger partial charge in [-0.25, -0.2) is 0 Å². The van der Waals surface area contributed by atoms with Crippen molar-refractivity contribution in [2.24, 2.45) is 4.99 Å². The molecular formula is C22H38N4OS. The first kappa shape index (κ1) is 22.9. The van der Waals surface area contributed by atoms with Gasteiger partial charge in [-0.15, -0.1) is 0 Å². The molecule has 0 aromatic heterocycles. The fourth-order valence-electron chi connectivity index (χ4n) is 3.46. The van der Waals surface area contributed by atoms with Crippen LogP contribution in [0.1, 0.15) is 53.0 Å². The molecule has 1 fully saturated rings. The molecule has 0 spiro atoms. The Labute approximate surface area is 173 Å². The highest BCUT2D eigenvalue weighted by atomic mass is 32.2. The van der Waals surface area contributed by atoms with Gasteiger partial charge < -0.3 is 10.6 Å². The third-order valence-corrected chi connectivity index (χ3v) is 7.08. The lowest BCUT2D eigenvalue weighted by molar-refractivity contribution is 0.134. The monoisotopic (exact) mass is 406 g/mol. The number of nitrogens with zero attached hydrogens (tertiary/aromatic N) is 2. The molecule has 1 aromatic carbocycles. The second kappa shape index (κ2) is 11.0. The van der Waals surface area contributed by atoms with E-state index in [2.05, 4.69) is 64.7 Å². The molecule has 0 saturated carbocycles. The molecule has 1 heterocycles. The molecule has 1 aliphatic rings. The van der Waals surface area contributed by atoms with Gasteiger partial charge in [-0.1, -0.05) is 30.3 Å². The van der Waals surface area contributed by atoms with Crippen LogP contribution in [0, 0.1) is 0 Å². The number of hydrogen-bond donors (Lipinski definition) is 2. The van der Waals surface area contributed by atoms with Crippen molar-refractivity contribution in [1.29, 1.82) is 0 Å². The minimum atomic E-state index is -0.864. The first-order valence-electron chi connectivity index (χ1n) is 10.5. The lowest BCUT2D eigenvalue weighted by atomic mass is 9.97. The zero-order valence-electron chi connectivity index (χ0n) is 18.2. The van der Waals surface area contributed by atoms with E-state index in [1.165, 1.54) is 5.56 Å². The molecule has 2 N–H and O–H groups in total. The smallest absolute Gasteiger partial charge is 0.191 e. The van der Waals surface area contributed by atoms with Crippen molar-refractivity contribution < 1.29 is 4.21 Å². The number of nitrogens with one attached hydrogen (secondary N) is 2. The van der Waals surface area contributed by atoms with Crippen LogP contribution in [0.4, 0.5) is 0 Å². The van der Waals surface area contributed by atoms with Gasteiger partial charge in [0, 0.05) is 53.0 Å². The standard InChI is InChI=1S/C22H38N4OS/c1-6-23-21(24-13-15-28(27)22(3,4)5)25-20-12-14-26(18(2)16-20)17-19-10-8-7-9-11-19/h7-11,18,20H,6,12-17H2,1-5H3,(H2,23,24,25). The Morgan fingerprint density at radius 2 is 2.00 bits per heavy atom. The third-order valence-electron chi connectivity index (χ3n) is 5.16. The first-order chi connectivity index (χ1) is 13.3. The number of guanidine groups is 1. The van der Waals surface area contributed by atoms with Gasteiger partial charge in [-0.3, -0.25) is 14.1 Å². The molecule has 158 valence electrons. The summed E-state index contributed by atoms with van der Waals surface area (Å²) in [5.41, 5.74) is 1.38. The van der Waals surface area contributed by atoms with Crippen LogP contribution < -0.4 is 10.6 Å². The van der Waals surface area contributed by atoms with Crippen LogP contribution in [0.3, 0.4) is 0 Å². The van der Waals surface area contributed by atoms with E-state index in [0.717, 1.165) is 38.4 Å². The van der Waals surface area contributed by atoms with Crippen LogP contribution in [0.25, 0.3) is 0 Å². The molecule has 1 aromatic rings. The fourth-order valence-corrected chi connectivity index (χ4v) is 4.33. The number of aliphatic imine (C=N–C) groups is 1. The Morgan fingerprint density at radius 3 is 2.61 bits per heavy atom. The molecular weight excluding hydrogens is 368 g/mol. The van der Waals surface area contributed by atoms with Gasteiger partial charge in [-0.05, 0) is 53.0 Å². The summed E-state index contributed by atoms with van der Waals surface area (Å²) in [4.78, 5) is 7.22. The highest BCUT2D eigenvalue weighted by molar-refractivity contribution is 7.86. The highest BCUT2D eigenvalue weighted by Gasteiger charge is 2.26. The van der Waals surface area contributed by atoms with E-state index in [1.807, 2.05) is 20.8 Å². The van der Waals surface area contributed by atoms with Gasteiger partial charge in [0.25, 0.3) is 0 Å². The first-order valence-corrected chi connectivity index (χ1v) is 11.8. The third kappa shape index (κ3) is 7.55. The number of rotatable bonds is 7. The summed E-state index contributed by atoms with van der Waals surface area (Å²) in [5.74, 6) is 1.45. The topological polar surface area (TPSA) is 56.7 Å². The number of hydrogen-bond acceptors (Lipinski definition) is 3. The molecule has 5 nitrogen and oxygen atoms in total. The molecule has 0 bridgehead atoms. The minimum Gasteiger partial charge on any atom is -0.357 e. The van der Waals surface area contributed by atoms with E-state index in [4.69, 9.17) is 0 Å². The van der Waals surface area contributed by atoms with Crippen LogP contribution in [0.2, 0.25) is 0 Å². The van der Waals surface area contributed by atoms with Crippen molar-refractivity contribution >= 4 is 16.8 Å². The van der Waals surface area contributed by atoms with E-state index in [-0.39, 0.29) is 4.75 Å². The van der Waals surface area contributed by atoms with Gasteiger partial charge in [0.2, 0.25) is 0 Å². The Balaban J connectivity index is 1.85. The van der Waals surface area contributed by atoms with Gasteiger partial charge in [0.15, 0.2) is 5.96 Å². The minimum absolute atomic E-state index is 0.178. The van der Waals surface area contributed by atoms with Gasteiger partial charge in [-0.2, -0.15) is 0 Å². The van der Waals surface area contributed by atoms with Gasteiger partial charge in [0.1, 0.15) is 0 Å². The van der Waals surface area contributed by atoms with E-state index in [1.54, 1.807) is 0 Å². The maximum atomic E-state index is 12.2. The van der Waals surface area contributed by atoms with Crippen molar-refractivity contribution in [3.05, 3.63) is 35.9 Å². The lowest BCUT2D eigenvalue weighted by Gasteiger charge is -2.38. The summed E-state index contributed by atoms with van der Waals surface area (Å²) >= 11 is 0. The van der Waals surface area contributed by atoms with Crippen LogP contribution in [-0.2, 0) is 17.3 Å². The summed E-state index contributed by atoms with van der Waals surface area (Å²) < 4.78 is 12.0. The highest BCUT2D eigenvalue weighted by Crippen LogP contribution is 2.20. The molecule has 2 rings (SSSR count). The van der Waals surface area contributed by atoms with Gasteiger partial charge in [0.05, 0.1) is 6.54 Å². The van der Waals surface area contributed by atoms with E-state index in [0.29, 0.717) is 24.4 Å². The zero-order chi connectivity index (χ0) is 20.6. The summed E-state index contributed by atoms with van der Waals surface area (Å²) in [6.45, 7) is 14.0. The molecule has 0 amide bonds. The van der Waals surface area contributed by atoms with E-state index >= 15 is 0 Å². The lowest BCUT2D eigenvalue weighted by Crippen LogP contribution is -2.51. The van der Waals surface area contributed by atoms with Crippen LogP contribution >= 0.6 is 0 Å². The number of benzene rings is 1. The average molecular weight is 407 g/mol. The van der Waals surface area contributed by atoms with Crippen molar-refractivity contribution in [3.8, 4) is 0 Å². The van der Waals surface area contributed by atoms with Crippen molar-refractivity contribution in [3.63, 3.8) is 0 Å². The predicted molar refractivity (Wildman–Crippen MR) is 121 cm³/mol. The molecule has 28 heavy (non-hydrogen) atoms. The Morgan fingerprint density at radius 1 is 1.29 bits per heavy atom. The maximum absolute atomic E-state index is 12.2. The van der Waals surface area contributed by atoms with Crippen LogP contribution in [0.15, 0.2) is 35.3 Å². The molecule has 1 aliphatic heterocycles. The number of piperidine rings is 1. The fraction of sp³-hybridized carbons (Fsp3) is 0.682. The normalized spacial score (nSPS) is 22.7. The van der Waals surface area contributed by atoms with Crippen molar-refractivity contribution in [2.45, 2.75) is 70.8 Å². The van der Waals surface area contributed by atoms with E-state index < -0.39 is 10.8 Å². The average Bonchev–Trinajstić information content (AvgIpc) is 2.64. The molecule has 0 radical (unpaired) electrons. The Bertz CT molecular complexity index is 642. The summed E-state index contributed by atoms with van der Waals surface area (Å²) in [7, 11) is -0.864. The van der Waals surface area contributed by atoms with Crippen molar-refractivity contribution in [1.82, 2.24) is 15.5 Å². The molecule has 0 aliphatic carbocycles. The predicted octanol–water partition coefficient (Wildman–Crippen LogP) is 3.14. The quantitative estimate of drug-likeness (QED) is 0.539. The maximum Gasteiger partial charge on any atom is 0.191 e. The summed E-state index contributed by atoms with van der Waals surface area (Å²) in [5, 5.41) is 6.93. The zero-order valence-corrected chi connectivity index (χ0v) is 19.0. The second-order valence-corrected chi connectivity index (χ2v) is 10.9. The molecule has 3 atom stereocenters. The molecule has 6 heteroatoms. The van der Waals surface area contributed by atoms with Crippen LogP contribution in [0.5, 0.6) is 0 Å². The van der Waals surface area contributed by atoms with Crippen LogP contribution in [-0.4, -0.2) is 57.3 Å². The van der Waals surface area contributed by atoms with E-state index in [9.17, 15) is 4.21 Å². The number of likely N-dealkylation sites (tertiary alicyclic amines) is 1. The molecule has 3 unspecified atom stereocenters. The van der Waals surface area contributed by atoms with Crippen molar-refractivity contribution in [2.75, 3.05) is 25.4 Å². The Kier molecular flexibility index (Phi) is 8.96. The Hall–Kier alpha value is -1.40. The summed E-state index contributed by atoms with van der Waals surface area (Å²) in [6.07, 6.45) is 2.21. The molecule has 1 saturated heterocycles. The SMILES string of the molecule is CCNC(=NCCS(=O)C(C)(C)C)NC1CCN(Cc2ccccc2)C(C)C1. The largest absolute Gasteiger partial charge is 0.357 e.